The van der Waals surface area contributed by atoms with Crippen molar-refractivity contribution in [3.8, 4) is 17.5 Å². The third-order valence-electron chi connectivity index (χ3n) is 3.90. The average molecular weight is 288 g/mol. The molecule has 0 bridgehead atoms. The number of hydrogen-bond acceptors (Lipinski definition) is 2. The number of fused-ring (bicyclic) bond motifs is 1. The maximum absolute atomic E-state index is 9.63. The van der Waals surface area contributed by atoms with E-state index in [1.807, 2.05) is 56.3 Å². The van der Waals surface area contributed by atoms with Gasteiger partial charge in [0.15, 0.2) is 0 Å². The Bertz CT molecular complexity index is 909. The number of nitrogens with zero attached hydrogens (tertiary/aromatic N) is 2. The molecule has 1 aromatic heterocycles. The average Bonchev–Trinajstić information content (AvgIpc) is 2.89. The lowest BCUT2D eigenvalue weighted by atomic mass is 10.1. The predicted octanol–water partition coefficient (Wildman–Crippen LogP) is 4.63. The SMILES string of the molecule is C/C=C(/C)c1c(C#N)c2ccccc2n1-c1ccc(O)cc1. The number of aromatic hydroxyl groups is 1. The minimum Gasteiger partial charge on any atom is -0.508 e. The first-order valence-corrected chi connectivity index (χ1v) is 7.13. The molecule has 0 aliphatic carbocycles. The number of phenols is 1. The highest BCUT2D eigenvalue weighted by Crippen LogP contribution is 2.33. The maximum atomic E-state index is 9.63. The van der Waals surface area contributed by atoms with Crippen LogP contribution in [0.3, 0.4) is 0 Å². The molecular formula is C19H16N2O. The van der Waals surface area contributed by atoms with E-state index in [4.69, 9.17) is 0 Å². The Labute approximate surface area is 129 Å². The minimum absolute atomic E-state index is 0.227. The van der Waals surface area contributed by atoms with Crippen molar-refractivity contribution in [1.82, 2.24) is 4.57 Å². The van der Waals surface area contributed by atoms with Crippen molar-refractivity contribution in [2.45, 2.75) is 13.8 Å². The standard InChI is InChI=1S/C19H16N2O/c1-3-13(2)19-17(12-20)16-6-4-5-7-18(16)21(19)14-8-10-15(22)11-9-14/h3-11,22H,1-2H3/b13-3-. The van der Waals surface area contributed by atoms with E-state index >= 15 is 0 Å². The predicted molar refractivity (Wildman–Crippen MR) is 89.0 cm³/mol. The number of allylic oxidation sites excluding steroid dienone is 2. The highest BCUT2D eigenvalue weighted by molar-refractivity contribution is 5.94. The molecule has 108 valence electrons. The third kappa shape index (κ3) is 2.06. The van der Waals surface area contributed by atoms with E-state index < -0.39 is 0 Å². The van der Waals surface area contributed by atoms with Crippen LogP contribution >= 0.6 is 0 Å². The van der Waals surface area contributed by atoms with Gasteiger partial charge in [-0.1, -0.05) is 24.3 Å². The second-order valence-electron chi connectivity index (χ2n) is 5.18. The lowest BCUT2D eigenvalue weighted by Crippen LogP contribution is -1.99. The van der Waals surface area contributed by atoms with Crippen LogP contribution in [-0.2, 0) is 0 Å². The lowest BCUT2D eigenvalue weighted by Gasteiger charge is -2.11. The molecule has 0 spiro atoms. The fraction of sp³-hybridized carbons (Fsp3) is 0.105. The quantitative estimate of drug-likeness (QED) is 0.747. The molecule has 0 fully saturated rings. The van der Waals surface area contributed by atoms with E-state index in [0.717, 1.165) is 27.9 Å². The van der Waals surface area contributed by atoms with Crippen LogP contribution in [0.25, 0.3) is 22.2 Å². The van der Waals surface area contributed by atoms with Gasteiger partial charge in [0.2, 0.25) is 0 Å². The monoisotopic (exact) mass is 288 g/mol. The Morgan fingerprint density at radius 3 is 2.45 bits per heavy atom. The van der Waals surface area contributed by atoms with Crippen molar-refractivity contribution in [3.05, 3.63) is 65.9 Å². The molecule has 3 nitrogen and oxygen atoms in total. The molecule has 0 aliphatic rings. The van der Waals surface area contributed by atoms with Crippen LogP contribution in [0.5, 0.6) is 5.75 Å². The number of benzene rings is 2. The molecule has 1 N–H and O–H groups in total. The topological polar surface area (TPSA) is 49.0 Å². The zero-order valence-electron chi connectivity index (χ0n) is 12.5. The van der Waals surface area contributed by atoms with Crippen LogP contribution in [0.4, 0.5) is 0 Å². The molecule has 0 unspecified atom stereocenters. The van der Waals surface area contributed by atoms with E-state index in [1.54, 1.807) is 12.1 Å². The Hall–Kier alpha value is -2.99. The van der Waals surface area contributed by atoms with Gasteiger partial charge in [0.25, 0.3) is 0 Å². The summed E-state index contributed by atoms with van der Waals surface area (Å²) in [7, 11) is 0. The molecule has 3 aromatic rings. The molecule has 2 aromatic carbocycles. The van der Waals surface area contributed by atoms with Crippen LogP contribution in [0, 0.1) is 11.3 Å². The molecule has 3 heteroatoms. The van der Waals surface area contributed by atoms with Crippen LogP contribution < -0.4 is 0 Å². The maximum Gasteiger partial charge on any atom is 0.115 e. The van der Waals surface area contributed by atoms with Crippen molar-refractivity contribution < 1.29 is 5.11 Å². The number of aromatic nitrogens is 1. The van der Waals surface area contributed by atoms with Gasteiger partial charge in [0, 0.05) is 11.1 Å². The van der Waals surface area contributed by atoms with E-state index in [9.17, 15) is 10.4 Å². The Morgan fingerprint density at radius 1 is 1.14 bits per heavy atom. The summed E-state index contributed by atoms with van der Waals surface area (Å²) < 4.78 is 2.07. The molecule has 0 saturated heterocycles. The van der Waals surface area contributed by atoms with Crippen LogP contribution in [0.15, 0.2) is 54.6 Å². The summed E-state index contributed by atoms with van der Waals surface area (Å²) in [4.78, 5) is 0. The van der Waals surface area contributed by atoms with Crippen LogP contribution in [0.1, 0.15) is 25.1 Å². The van der Waals surface area contributed by atoms with E-state index in [0.29, 0.717) is 5.56 Å². The summed E-state index contributed by atoms with van der Waals surface area (Å²) in [5, 5.41) is 20.1. The highest BCUT2D eigenvalue weighted by atomic mass is 16.3. The minimum atomic E-state index is 0.227. The van der Waals surface area contributed by atoms with Crippen LogP contribution in [-0.4, -0.2) is 9.67 Å². The normalized spacial score (nSPS) is 11.6. The second kappa shape index (κ2) is 5.42. The van der Waals surface area contributed by atoms with E-state index in [1.165, 1.54) is 0 Å². The van der Waals surface area contributed by atoms with Crippen molar-refractivity contribution in [2.75, 3.05) is 0 Å². The first kappa shape index (κ1) is 14.0. The van der Waals surface area contributed by atoms with Crippen molar-refractivity contribution in [1.29, 1.82) is 5.26 Å². The Balaban J connectivity index is 2.47. The van der Waals surface area contributed by atoms with Gasteiger partial charge in [-0.25, -0.2) is 0 Å². The van der Waals surface area contributed by atoms with Crippen molar-refractivity contribution in [3.63, 3.8) is 0 Å². The summed E-state index contributed by atoms with van der Waals surface area (Å²) in [6.07, 6.45) is 2.01. The summed E-state index contributed by atoms with van der Waals surface area (Å²) in [5.74, 6) is 0.227. The molecule has 0 atom stereocenters. The van der Waals surface area contributed by atoms with Crippen molar-refractivity contribution in [2.24, 2.45) is 0 Å². The molecule has 3 rings (SSSR count). The van der Waals surface area contributed by atoms with Gasteiger partial charge < -0.3 is 9.67 Å². The number of rotatable bonds is 2. The first-order chi connectivity index (χ1) is 10.7. The van der Waals surface area contributed by atoms with E-state index in [2.05, 4.69) is 10.6 Å². The summed E-state index contributed by atoms with van der Waals surface area (Å²) in [5.41, 5.74) is 4.53. The van der Waals surface area contributed by atoms with Gasteiger partial charge in [-0.3, -0.25) is 0 Å². The fourth-order valence-electron chi connectivity index (χ4n) is 2.73. The molecule has 0 amide bonds. The third-order valence-corrected chi connectivity index (χ3v) is 3.90. The summed E-state index contributed by atoms with van der Waals surface area (Å²) >= 11 is 0. The zero-order chi connectivity index (χ0) is 15.7. The lowest BCUT2D eigenvalue weighted by molar-refractivity contribution is 0.475. The largest absolute Gasteiger partial charge is 0.508 e. The summed E-state index contributed by atoms with van der Waals surface area (Å²) in [6.45, 7) is 3.97. The number of nitriles is 1. The van der Waals surface area contributed by atoms with Gasteiger partial charge in [0.1, 0.15) is 11.8 Å². The van der Waals surface area contributed by atoms with E-state index in [-0.39, 0.29) is 5.75 Å². The summed E-state index contributed by atoms with van der Waals surface area (Å²) in [6, 6.07) is 17.3. The zero-order valence-corrected chi connectivity index (χ0v) is 12.5. The van der Waals surface area contributed by atoms with Crippen molar-refractivity contribution >= 4 is 16.5 Å². The Kier molecular flexibility index (Phi) is 3.44. The van der Waals surface area contributed by atoms with Crippen LogP contribution in [0.2, 0.25) is 0 Å². The fourth-order valence-corrected chi connectivity index (χ4v) is 2.73. The van der Waals surface area contributed by atoms with Gasteiger partial charge in [-0.15, -0.1) is 0 Å². The number of hydrogen-bond donors (Lipinski definition) is 1. The number of phenolic OH excluding ortho intramolecular Hbond substituents is 1. The Morgan fingerprint density at radius 2 is 1.82 bits per heavy atom. The second-order valence-corrected chi connectivity index (χ2v) is 5.18. The highest BCUT2D eigenvalue weighted by Gasteiger charge is 2.18. The van der Waals surface area contributed by atoms with Gasteiger partial charge in [-0.05, 0) is 49.8 Å². The molecular weight excluding hydrogens is 272 g/mol. The number of para-hydroxylation sites is 1. The molecule has 0 radical (unpaired) electrons. The molecule has 0 aliphatic heterocycles. The van der Waals surface area contributed by atoms with Gasteiger partial charge in [-0.2, -0.15) is 5.26 Å². The molecule has 1 heterocycles. The first-order valence-electron chi connectivity index (χ1n) is 7.13. The smallest absolute Gasteiger partial charge is 0.115 e. The molecule has 22 heavy (non-hydrogen) atoms. The van der Waals surface area contributed by atoms with Gasteiger partial charge >= 0.3 is 0 Å². The molecule has 0 saturated carbocycles. The van der Waals surface area contributed by atoms with Gasteiger partial charge in [0.05, 0.1) is 16.8 Å².